The van der Waals surface area contributed by atoms with Crippen molar-refractivity contribution in [2.75, 3.05) is 18.5 Å². The van der Waals surface area contributed by atoms with E-state index in [9.17, 15) is 28.2 Å². The number of anilines is 1. The number of benzene rings is 1. The number of H-pyrrole nitrogens is 1. The maximum absolute atomic E-state index is 13.9. The van der Waals surface area contributed by atoms with Gasteiger partial charge in [0, 0.05) is 11.1 Å². The van der Waals surface area contributed by atoms with Gasteiger partial charge in [-0.3, -0.25) is 4.79 Å². The second-order valence-corrected chi connectivity index (χ2v) is 7.23. The minimum absolute atomic E-state index is 0.0523. The summed E-state index contributed by atoms with van der Waals surface area (Å²) in [4.78, 5) is 15.0. The Morgan fingerprint density at radius 3 is 2.61 bits per heavy atom. The zero-order chi connectivity index (χ0) is 22.3. The van der Waals surface area contributed by atoms with E-state index >= 15 is 0 Å². The molecule has 3 unspecified atom stereocenters. The van der Waals surface area contributed by atoms with Crippen LogP contribution in [0.3, 0.4) is 0 Å². The summed E-state index contributed by atoms with van der Waals surface area (Å²) in [5.41, 5.74) is -2.47. The van der Waals surface area contributed by atoms with Crippen LogP contribution in [0.1, 0.15) is 5.56 Å². The van der Waals surface area contributed by atoms with Gasteiger partial charge in [-0.2, -0.15) is 13.2 Å². The van der Waals surface area contributed by atoms with Gasteiger partial charge < -0.3 is 34.8 Å². The Labute approximate surface area is 172 Å². The van der Waals surface area contributed by atoms with Crippen molar-refractivity contribution in [1.82, 2.24) is 4.98 Å². The zero-order valence-electron chi connectivity index (χ0n) is 15.9. The molecule has 0 aliphatic carbocycles. The molecule has 11 heteroatoms. The van der Waals surface area contributed by atoms with Crippen LogP contribution in [0.5, 0.6) is 0 Å². The maximum Gasteiger partial charge on any atom is 0.417 e. The van der Waals surface area contributed by atoms with Crippen molar-refractivity contribution in [3.63, 3.8) is 0 Å². The molecule has 0 spiro atoms. The Morgan fingerprint density at radius 2 is 1.97 bits per heavy atom. The van der Waals surface area contributed by atoms with Gasteiger partial charge in [0.2, 0.25) is 0 Å². The Morgan fingerprint density at radius 1 is 1.19 bits per heavy atom. The minimum Gasteiger partial charge on any atom is -0.464 e. The highest BCUT2D eigenvalue weighted by Gasteiger charge is 2.39. The van der Waals surface area contributed by atoms with Crippen molar-refractivity contribution < 1.29 is 37.6 Å². The number of halogens is 3. The summed E-state index contributed by atoms with van der Waals surface area (Å²) in [5, 5.41) is 32.0. The lowest BCUT2D eigenvalue weighted by atomic mass is 9.97. The second-order valence-electron chi connectivity index (χ2n) is 7.23. The van der Waals surface area contributed by atoms with Gasteiger partial charge in [0.1, 0.15) is 24.1 Å². The molecular weight excluding hydrogens is 421 g/mol. The first-order valence-electron chi connectivity index (χ1n) is 9.37. The average molecular weight is 440 g/mol. The topological polar surface area (TPSA) is 128 Å². The van der Waals surface area contributed by atoms with E-state index in [4.69, 9.17) is 14.3 Å². The van der Waals surface area contributed by atoms with Gasteiger partial charge in [0.05, 0.1) is 42.2 Å². The SMILES string of the molecule is O=c1[nH]c2cc(NC3COC(CO)[C@H](O)C3O)ccc2c(C(F)(F)F)c1-c1ccco1. The summed E-state index contributed by atoms with van der Waals surface area (Å²) in [6.45, 7) is -0.524. The van der Waals surface area contributed by atoms with E-state index in [2.05, 4.69) is 10.3 Å². The van der Waals surface area contributed by atoms with Crippen molar-refractivity contribution in [2.24, 2.45) is 0 Å². The van der Waals surface area contributed by atoms with E-state index in [1.807, 2.05) is 0 Å². The van der Waals surface area contributed by atoms with Crippen LogP contribution in [0.4, 0.5) is 18.9 Å². The molecule has 3 aromatic rings. The summed E-state index contributed by atoms with van der Waals surface area (Å²) >= 11 is 0. The average Bonchev–Trinajstić information content (AvgIpc) is 3.24. The monoisotopic (exact) mass is 440 g/mol. The third-order valence-electron chi connectivity index (χ3n) is 5.23. The first-order chi connectivity index (χ1) is 14.7. The predicted octanol–water partition coefficient (Wildman–Crippen LogP) is 1.70. The summed E-state index contributed by atoms with van der Waals surface area (Å²) in [7, 11) is 0. The normalized spacial score (nSPS) is 24.5. The van der Waals surface area contributed by atoms with Gasteiger partial charge in [0.15, 0.2) is 0 Å². The highest BCUT2D eigenvalue weighted by atomic mass is 19.4. The van der Waals surface area contributed by atoms with Gasteiger partial charge >= 0.3 is 6.18 Å². The number of pyridine rings is 1. The molecule has 0 bridgehead atoms. The molecule has 0 radical (unpaired) electrons. The fraction of sp³-hybridized carbons (Fsp3) is 0.350. The lowest BCUT2D eigenvalue weighted by Crippen LogP contribution is -2.56. The largest absolute Gasteiger partial charge is 0.464 e. The number of aliphatic hydroxyl groups is 3. The van der Waals surface area contributed by atoms with Crippen LogP contribution in [-0.4, -0.2) is 57.9 Å². The molecule has 0 saturated carbocycles. The highest BCUT2D eigenvalue weighted by molar-refractivity contribution is 5.90. The van der Waals surface area contributed by atoms with Gasteiger partial charge in [-0.15, -0.1) is 0 Å². The second kappa shape index (κ2) is 8.00. The number of furan rings is 1. The Kier molecular flexibility index (Phi) is 5.52. The zero-order valence-corrected chi connectivity index (χ0v) is 15.9. The van der Waals surface area contributed by atoms with Crippen LogP contribution in [0.25, 0.3) is 22.2 Å². The van der Waals surface area contributed by atoms with Crippen molar-refractivity contribution in [2.45, 2.75) is 30.5 Å². The third kappa shape index (κ3) is 3.92. The van der Waals surface area contributed by atoms with Gasteiger partial charge in [-0.05, 0) is 24.3 Å². The van der Waals surface area contributed by atoms with Crippen molar-refractivity contribution in [1.29, 1.82) is 0 Å². The fourth-order valence-electron chi connectivity index (χ4n) is 3.72. The number of ether oxygens (including phenoxy) is 1. The molecule has 2 aromatic heterocycles. The summed E-state index contributed by atoms with van der Waals surface area (Å²) in [5.74, 6) is -0.201. The summed E-state index contributed by atoms with van der Waals surface area (Å²) in [6.07, 6.45) is -7.20. The molecule has 8 nitrogen and oxygen atoms in total. The van der Waals surface area contributed by atoms with Crippen LogP contribution in [0.2, 0.25) is 0 Å². The van der Waals surface area contributed by atoms with E-state index in [1.165, 1.54) is 36.6 Å². The van der Waals surface area contributed by atoms with Crippen LogP contribution in [0, 0.1) is 0 Å². The minimum atomic E-state index is -4.82. The number of aromatic nitrogens is 1. The number of aliphatic hydroxyl groups excluding tert-OH is 3. The number of aromatic amines is 1. The van der Waals surface area contributed by atoms with Crippen LogP contribution in [0.15, 0.2) is 45.8 Å². The Bertz CT molecular complexity index is 1130. The van der Waals surface area contributed by atoms with Crippen LogP contribution in [-0.2, 0) is 10.9 Å². The quantitative estimate of drug-likeness (QED) is 0.418. The number of rotatable bonds is 4. The fourth-order valence-corrected chi connectivity index (χ4v) is 3.72. The molecule has 3 heterocycles. The lowest BCUT2D eigenvalue weighted by Gasteiger charge is -2.37. The number of alkyl halides is 3. The molecule has 5 N–H and O–H groups in total. The Balaban J connectivity index is 1.74. The molecule has 1 aliphatic heterocycles. The Hall–Kier alpha value is -2.86. The predicted molar refractivity (Wildman–Crippen MR) is 104 cm³/mol. The molecule has 4 rings (SSSR count). The summed E-state index contributed by atoms with van der Waals surface area (Å²) in [6, 6.07) is 5.74. The van der Waals surface area contributed by atoms with Crippen LogP contribution < -0.4 is 10.9 Å². The number of hydrogen-bond donors (Lipinski definition) is 5. The third-order valence-corrected chi connectivity index (χ3v) is 5.23. The number of fused-ring (bicyclic) bond motifs is 1. The van der Waals surface area contributed by atoms with E-state index < -0.39 is 53.8 Å². The van der Waals surface area contributed by atoms with Crippen molar-refractivity contribution in [3.8, 4) is 11.3 Å². The van der Waals surface area contributed by atoms with Crippen molar-refractivity contribution >= 4 is 16.6 Å². The molecule has 4 atom stereocenters. The van der Waals surface area contributed by atoms with Crippen molar-refractivity contribution in [3.05, 3.63) is 52.5 Å². The van der Waals surface area contributed by atoms with E-state index in [0.29, 0.717) is 5.69 Å². The molecule has 1 aromatic carbocycles. The molecule has 1 saturated heterocycles. The first-order valence-corrected chi connectivity index (χ1v) is 9.37. The number of nitrogens with one attached hydrogen (secondary N) is 2. The number of hydrogen-bond acceptors (Lipinski definition) is 7. The molecule has 166 valence electrons. The van der Waals surface area contributed by atoms with E-state index in [-0.39, 0.29) is 23.3 Å². The molecule has 31 heavy (non-hydrogen) atoms. The van der Waals surface area contributed by atoms with E-state index in [0.717, 1.165) is 0 Å². The summed E-state index contributed by atoms with van der Waals surface area (Å²) < 4.78 is 52.0. The molecule has 0 amide bonds. The lowest BCUT2D eigenvalue weighted by molar-refractivity contribution is -0.152. The molecule has 1 aliphatic rings. The molecular formula is C20H19F3N2O6. The smallest absolute Gasteiger partial charge is 0.417 e. The van der Waals surface area contributed by atoms with Gasteiger partial charge in [-0.1, -0.05) is 6.07 Å². The van der Waals surface area contributed by atoms with Gasteiger partial charge in [-0.25, -0.2) is 0 Å². The molecule has 1 fully saturated rings. The standard InChI is InChI=1S/C20H19F3N2O6/c21-20(22,23)16-10-4-3-9(24-12-8-31-14(7-26)18(28)17(12)27)6-11(10)25-19(29)15(16)13-2-1-5-30-13/h1-6,12,14,17-18,24,26-28H,7-8H2,(H,25,29)/t12?,14?,17?,18-/m0/s1. The highest BCUT2D eigenvalue weighted by Crippen LogP contribution is 2.40. The van der Waals surface area contributed by atoms with Gasteiger partial charge in [0.25, 0.3) is 5.56 Å². The van der Waals surface area contributed by atoms with E-state index in [1.54, 1.807) is 0 Å². The maximum atomic E-state index is 13.9. The van der Waals surface area contributed by atoms with Crippen LogP contribution >= 0.6 is 0 Å². The first kappa shape index (κ1) is 21.4.